The summed E-state index contributed by atoms with van der Waals surface area (Å²) in [4.78, 5) is 14.9. The van der Waals surface area contributed by atoms with Crippen LogP contribution in [0.1, 0.15) is 5.56 Å². The summed E-state index contributed by atoms with van der Waals surface area (Å²) in [5.41, 5.74) is 6.33. The fourth-order valence-electron chi connectivity index (χ4n) is 1.03. The van der Waals surface area contributed by atoms with Crippen molar-refractivity contribution < 1.29 is 4.79 Å². The summed E-state index contributed by atoms with van der Waals surface area (Å²) in [5.74, 6) is 0.0374. The molecule has 0 aliphatic rings. The highest BCUT2D eigenvalue weighted by atomic mass is 35.5. The number of amides is 2. The first-order valence-corrected chi connectivity index (χ1v) is 5.51. The second kappa shape index (κ2) is 6.32. The molecule has 17 heavy (non-hydrogen) atoms. The Balaban J connectivity index is 2.62. The molecule has 0 saturated carbocycles. The molecule has 0 radical (unpaired) electrons. The maximum atomic E-state index is 10.9. The van der Waals surface area contributed by atoms with E-state index in [1.165, 1.54) is 7.05 Å². The minimum Gasteiger partial charge on any atom is -0.370 e. The minimum atomic E-state index is -0.416. The van der Waals surface area contributed by atoms with Crippen LogP contribution in [0.15, 0.2) is 23.2 Å². The van der Waals surface area contributed by atoms with Crippen LogP contribution in [0.5, 0.6) is 0 Å². The Hall–Kier alpha value is -1.46. The third-order valence-electron chi connectivity index (χ3n) is 1.88. The van der Waals surface area contributed by atoms with Crippen LogP contribution in [0.4, 0.5) is 4.79 Å². The van der Waals surface area contributed by atoms with E-state index >= 15 is 0 Å². The summed E-state index contributed by atoms with van der Waals surface area (Å²) in [5, 5.41) is 5.64. The second-order valence-corrected chi connectivity index (χ2v) is 3.97. The van der Waals surface area contributed by atoms with Gasteiger partial charge in [-0.15, -0.1) is 0 Å². The van der Waals surface area contributed by atoms with Crippen LogP contribution < -0.4 is 16.4 Å². The summed E-state index contributed by atoms with van der Waals surface area (Å²) in [6, 6.07) is 4.74. The molecule has 0 aliphatic heterocycles. The number of hydrogen-bond donors (Lipinski definition) is 3. The SMILES string of the molecule is CNC(=O)NC(N)=NCc1ccc(Cl)c(Cl)c1. The highest BCUT2D eigenvalue weighted by Gasteiger charge is 2.01. The maximum Gasteiger partial charge on any atom is 0.321 e. The summed E-state index contributed by atoms with van der Waals surface area (Å²) >= 11 is 11.6. The maximum absolute atomic E-state index is 10.9. The second-order valence-electron chi connectivity index (χ2n) is 3.15. The number of benzene rings is 1. The fraction of sp³-hybridized carbons (Fsp3) is 0.200. The zero-order chi connectivity index (χ0) is 12.8. The summed E-state index contributed by atoms with van der Waals surface area (Å²) in [6.45, 7) is 0.312. The number of carbonyl (C=O) groups is 1. The first-order valence-electron chi connectivity index (χ1n) is 4.75. The van der Waals surface area contributed by atoms with Gasteiger partial charge in [-0.25, -0.2) is 9.79 Å². The van der Waals surface area contributed by atoms with E-state index in [2.05, 4.69) is 15.6 Å². The number of carbonyl (C=O) groups excluding carboxylic acids is 1. The van der Waals surface area contributed by atoms with Gasteiger partial charge in [0.2, 0.25) is 0 Å². The van der Waals surface area contributed by atoms with E-state index in [0.717, 1.165) is 5.56 Å². The molecule has 1 aromatic carbocycles. The third kappa shape index (κ3) is 4.50. The molecule has 5 nitrogen and oxygen atoms in total. The molecule has 7 heteroatoms. The first kappa shape index (κ1) is 13.6. The number of halogens is 2. The number of guanidine groups is 1. The van der Waals surface area contributed by atoms with Gasteiger partial charge in [0.15, 0.2) is 5.96 Å². The zero-order valence-corrected chi connectivity index (χ0v) is 10.6. The predicted molar refractivity (Wildman–Crippen MR) is 69.4 cm³/mol. The van der Waals surface area contributed by atoms with Gasteiger partial charge in [0, 0.05) is 7.05 Å². The lowest BCUT2D eigenvalue weighted by atomic mass is 10.2. The molecule has 0 heterocycles. The number of rotatable bonds is 2. The molecule has 4 N–H and O–H groups in total. The van der Waals surface area contributed by atoms with Gasteiger partial charge >= 0.3 is 6.03 Å². The van der Waals surface area contributed by atoms with Gasteiger partial charge < -0.3 is 11.1 Å². The van der Waals surface area contributed by atoms with E-state index in [0.29, 0.717) is 16.6 Å². The number of nitrogens with one attached hydrogen (secondary N) is 2. The average molecular weight is 275 g/mol. The summed E-state index contributed by atoms with van der Waals surface area (Å²) < 4.78 is 0. The first-order chi connectivity index (χ1) is 8.02. The number of nitrogens with two attached hydrogens (primary N) is 1. The van der Waals surface area contributed by atoms with Gasteiger partial charge in [-0.2, -0.15) is 0 Å². The molecule has 0 fully saturated rings. The van der Waals surface area contributed by atoms with E-state index < -0.39 is 6.03 Å². The number of aliphatic imine (C=N–C) groups is 1. The molecule has 0 aliphatic carbocycles. The van der Waals surface area contributed by atoms with Crippen molar-refractivity contribution in [3.05, 3.63) is 33.8 Å². The Morgan fingerprint density at radius 3 is 2.71 bits per heavy atom. The monoisotopic (exact) mass is 274 g/mol. The number of hydrogen-bond acceptors (Lipinski definition) is 2. The molecule has 1 rings (SSSR count). The molecular weight excluding hydrogens is 263 g/mol. The lowest BCUT2D eigenvalue weighted by molar-refractivity contribution is 0.247. The Bertz CT molecular complexity index is 448. The van der Waals surface area contributed by atoms with Gasteiger partial charge in [0.05, 0.1) is 16.6 Å². The predicted octanol–water partition coefficient (Wildman–Crippen LogP) is 1.74. The highest BCUT2D eigenvalue weighted by Crippen LogP contribution is 2.22. The smallest absolute Gasteiger partial charge is 0.321 e. The average Bonchev–Trinajstić information content (AvgIpc) is 2.30. The molecule has 0 saturated heterocycles. The van der Waals surface area contributed by atoms with Crippen molar-refractivity contribution in [2.45, 2.75) is 6.54 Å². The Labute approximate surface area is 109 Å². The lowest BCUT2D eigenvalue weighted by Gasteiger charge is -2.04. The van der Waals surface area contributed by atoms with Crippen LogP contribution in [0, 0.1) is 0 Å². The normalized spacial score (nSPS) is 11.1. The fourth-order valence-corrected chi connectivity index (χ4v) is 1.35. The quantitative estimate of drug-likeness (QED) is 0.567. The van der Waals surface area contributed by atoms with Crippen LogP contribution in [0.2, 0.25) is 10.0 Å². The lowest BCUT2D eigenvalue weighted by Crippen LogP contribution is -2.41. The van der Waals surface area contributed by atoms with E-state index in [9.17, 15) is 4.79 Å². The topological polar surface area (TPSA) is 79.5 Å². The van der Waals surface area contributed by atoms with Gasteiger partial charge in [-0.3, -0.25) is 5.32 Å². The largest absolute Gasteiger partial charge is 0.370 e. The zero-order valence-electron chi connectivity index (χ0n) is 9.13. The van der Waals surface area contributed by atoms with Crippen molar-refractivity contribution >= 4 is 35.2 Å². The Morgan fingerprint density at radius 2 is 2.12 bits per heavy atom. The van der Waals surface area contributed by atoms with Gasteiger partial charge in [0.1, 0.15) is 0 Å². The summed E-state index contributed by atoms with van der Waals surface area (Å²) in [6.07, 6.45) is 0. The van der Waals surface area contributed by atoms with Gasteiger partial charge in [-0.05, 0) is 17.7 Å². The standard InChI is InChI=1S/C10H12Cl2N4O/c1-14-10(17)16-9(13)15-5-6-2-3-7(11)8(12)4-6/h2-4H,5H2,1H3,(H4,13,14,15,16,17). The molecule has 0 spiro atoms. The van der Waals surface area contributed by atoms with E-state index in [-0.39, 0.29) is 5.96 Å². The van der Waals surface area contributed by atoms with E-state index in [1.807, 2.05) is 0 Å². The Morgan fingerprint density at radius 1 is 1.41 bits per heavy atom. The van der Waals surface area contributed by atoms with Crippen LogP contribution in [-0.2, 0) is 6.54 Å². The molecule has 92 valence electrons. The van der Waals surface area contributed by atoms with Crippen LogP contribution in [0.3, 0.4) is 0 Å². The highest BCUT2D eigenvalue weighted by molar-refractivity contribution is 6.42. The van der Waals surface area contributed by atoms with E-state index in [1.54, 1.807) is 18.2 Å². The molecule has 0 atom stereocenters. The van der Waals surface area contributed by atoms with Crippen molar-refractivity contribution in [1.29, 1.82) is 0 Å². The summed E-state index contributed by atoms with van der Waals surface area (Å²) in [7, 11) is 1.49. The van der Waals surface area contributed by atoms with Crippen LogP contribution in [0.25, 0.3) is 0 Å². The molecule has 0 aromatic heterocycles. The van der Waals surface area contributed by atoms with Crippen LogP contribution in [-0.4, -0.2) is 19.0 Å². The van der Waals surface area contributed by atoms with Gasteiger partial charge in [-0.1, -0.05) is 29.3 Å². The van der Waals surface area contributed by atoms with E-state index in [4.69, 9.17) is 28.9 Å². The van der Waals surface area contributed by atoms with Crippen molar-refractivity contribution in [3.8, 4) is 0 Å². The molecule has 1 aromatic rings. The van der Waals surface area contributed by atoms with Crippen molar-refractivity contribution in [2.24, 2.45) is 10.7 Å². The molecule has 0 unspecified atom stereocenters. The molecule has 2 amide bonds. The number of urea groups is 1. The van der Waals surface area contributed by atoms with Crippen molar-refractivity contribution in [2.75, 3.05) is 7.05 Å². The Kier molecular flexibility index (Phi) is 5.06. The van der Waals surface area contributed by atoms with Crippen molar-refractivity contribution in [1.82, 2.24) is 10.6 Å². The molecule has 0 bridgehead atoms. The van der Waals surface area contributed by atoms with Crippen molar-refractivity contribution in [3.63, 3.8) is 0 Å². The van der Waals surface area contributed by atoms with Gasteiger partial charge in [0.25, 0.3) is 0 Å². The minimum absolute atomic E-state index is 0.0374. The molecular formula is C10H12Cl2N4O. The number of nitrogens with zero attached hydrogens (tertiary/aromatic N) is 1. The van der Waals surface area contributed by atoms with Crippen LogP contribution >= 0.6 is 23.2 Å². The third-order valence-corrected chi connectivity index (χ3v) is 2.62.